The van der Waals surface area contributed by atoms with Gasteiger partial charge in [-0.15, -0.1) is 0 Å². The lowest BCUT2D eigenvalue weighted by atomic mass is 10.4. The van der Waals surface area contributed by atoms with Crippen LogP contribution in [0.5, 0.6) is 0 Å². The molecule has 0 unspecified atom stereocenters. The highest BCUT2D eigenvalue weighted by molar-refractivity contribution is 7.99. The van der Waals surface area contributed by atoms with Crippen molar-refractivity contribution in [2.75, 3.05) is 18.8 Å². The predicted molar refractivity (Wildman–Crippen MR) is 57.9 cm³/mol. The molecular weight excluding hydrogens is 166 g/mol. The number of thioether (sulfide) groups is 1. The maximum Gasteiger partial charge on any atom is 0.00608 e. The first-order chi connectivity index (χ1) is 5.93. The summed E-state index contributed by atoms with van der Waals surface area (Å²) < 4.78 is 0. The molecule has 0 aromatic rings. The quantitative estimate of drug-likeness (QED) is 0.642. The van der Waals surface area contributed by atoms with Gasteiger partial charge in [0, 0.05) is 17.5 Å². The van der Waals surface area contributed by atoms with E-state index in [9.17, 15) is 0 Å². The topological polar surface area (TPSA) is 12.0 Å². The van der Waals surface area contributed by atoms with E-state index in [4.69, 9.17) is 0 Å². The van der Waals surface area contributed by atoms with Crippen molar-refractivity contribution in [3.8, 4) is 0 Å². The van der Waals surface area contributed by atoms with Crippen molar-refractivity contribution in [3.63, 3.8) is 0 Å². The van der Waals surface area contributed by atoms with E-state index in [0.29, 0.717) is 0 Å². The molecule has 1 rings (SSSR count). The van der Waals surface area contributed by atoms with Crippen molar-refractivity contribution in [1.82, 2.24) is 5.32 Å². The summed E-state index contributed by atoms with van der Waals surface area (Å²) >= 11 is 2.17. The average Bonchev–Trinajstić information content (AvgIpc) is 2.57. The summed E-state index contributed by atoms with van der Waals surface area (Å²) in [6.07, 6.45) is 7.14. The molecule has 0 saturated heterocycles. The number of hydrogen-bond acceptors (Lipinski definition) is 2. The van der Waals surface area contributed by atoms with Gasteiger partial charge >= 0.3 is 0 Å². The van der Waals surface area contributed by atoms with Gasteiger partial charge in [0.2, 0.25) is 0 Å². The van der Waals surface area contributed by atoms with Gasteiger partial charge in [-0.05, 0) is 25.8 Å². The Morgan fingerprint density at radius 1 is 1.25 bits per heavy atom. The maximum atomic E-state index is 3.44. The number of hydrogen-bond donors (Lipinski definition) is 1. The molecule has 0 heterocycles. The molecule has 0 aromatic carbocycles. The summed E-state index contributed by atoms with van der Waals surface area (Å²) in [6, 6.07) is 0. The fourth-order valence-electron chi connectivity index (χ4n) is 1.65. The Bertz CT molecular complexity index is 100. The monoisotopic (exact) mass is 187 g/mol. The maximum absolute atomic E-state index is 3.44. The lowest BCUT2D eigenvalue weighted by Crippen LogP contribution is -2.18. The van der Waals surface area contributed by atoms with Crippen LogP contribution in [-0.2, 0) is 0 Å². The normalized spacial score (nSPS) is 18.8. The van der Waals surface area contributed by atoms with E-state index < -0.39 is 0 Å². The van der Waals surface area contributed by atoms with E-state index >= 15 is 0 Å². The fraction of sp³-hybridized carbons (Fsp3) is 1.00. The zero-order valence-corrected chi connectivity index (χ0v) is 8.96. The van der Waals surface area contributed by atoms with Gasteiger partial charge in [0.15, 0.2) is 0 Å². The van der Waals surface area contributed by atoms with Crippen molar-refractivity contribution in [3.05, 3.63) is 0 Å². The molecule has 12 heavy (non-hydrogen) atoms. The molecule has 0 atom stereocenters. The lowest BCUT2D eigenvalue weighted by Gasteiger charge is -2.08. The Labute approximate surface area is 80.7 Å². The van der Waals surface area contributed by atoms with Crippen molar-refractivity contribution in [2.24, 2.45) is 0 Å². The van der Waals surface area contributed by atoms with Crippen LogP contribution in [0.25, 0.3) is 0 Å². The molecule has 0 radical (unpaired) electrons. The molecule has 72 valence electrons. The second-order valence-electron chi connectivity index (χ2n) is 3.53. The average molecular weight is 187 g/mol. The smallest absolute Gasteiger partial charge is 0.00608 e. The summed E-state index contributed by atoms with van der Waals surface area (Å²) in [6.45, 7) is 4.61. The van der Waals surface area contributed by atoms with Crippen molar-refractivity contribution >= 4 is 11.8 Å². The minimum atomic E-state index is 0.994. The van der Waals surface area contributed by atoms with Crippen LogP contribution in [0, 0.1) is 0 Å². The molecule has 1 aliphatic rings. The molecule has 0 bridgehead atoms. The zero-order chi connectivity index (χ0) is 8.65. The zero-order valence-electron chi connectivity index (χ0n) is 8.14. The first-order valence-electron chi connectivity index (χ1n) is 5.26. The Kier molecular flexibility index (Phi) is 5.88. The molecular formula is C10H21NS. The van der Waals surface area contributed by atoms with E-state index in [-0.39, 0.29) is 0 Å². The second-order valence-corrected chi connectivity index (χ2v) is 4.94. The summed E-state index contributed by atoms with van der Waals surface area (Å²) in [5, 5.41) is 4.43. The molecule has 2 heteroatoms. The molecule has 0 spiro atoms. The highest BCUT2D eigenvalue weighted by Crippen LogP contribution is 2.28. The first-order valence-corrected chi connectivity index (χ1v) is 6.30. The fourth-order valence-corrected chi connectivity index (χ4v) is 2.92. The second kappa shape index (κ2) is 6.79. The van der Waals surface area contributed by atoms with Crippen LogP contribution in [0.1, 0.15) is 39.0 Å². The highest BCUT2D eigenvalue weighted by atomic mass is 32.2. The van der Waals surface area contributed by atoms with Crippen molar-refractivity contribution in [2.45, 2.75) is 44.3 Å². The molecule has 1 aliphatic carbocycles. The van der Waals surface area contributed by atoms with Crippen LogP contribution in [0.4, 0.5) is 0 Å². The molecule has 1 fully saturated rings. The van der Waals surface area contributed by atoms with Crippen LogP contribution in [0.2, 0.25) is 0 Å². The van der Waals surface area contributed by atoms with Crippen LogP contribution < -0.4 is 5.32 Å². The number of nitrogens with one attached hydrogen (secondary N) is 1. The third-order valence-electron chi connectivity index (χ3n) is 2.36. The molecule has 0 amide bonds. The van der Waals surface area contributed by atoms with Gasteiger partial charge in [0.25, 0.3) is 0 Å². The summed E-state index contributed by atoms with van der Waals surface area (Å²) in [5.74, 6) is 1.31. The largest absolute Gasteiger partial charge is 0.316 e. The minimum Gasteiger partial charge on any atom is -0.316 e. The predicted octanol–water partition coefficient (Wildman–Crippen LogP) is 2.66. The van der Waals surface area contributed by atoms with Gasteiger partial charge in [-0.2, -0.15) is 11.8 Å². The van der Waals surface area contributed by atoms with Gasteiger partial charge in [-0.25, -0.2) is 0 Å². The summed E-state index contributed by atoms with van der Waals surface area (Å²) in [7, 11) is 0. The Morgan fingerprint density at radius 3 is 2.67 bits per heavy atom. The minimum absolute atomic E-state index is 0.994. The molecule has 0 aromatic heterocycles. The Morgan fingerprint density at radius 2 is 2.00 bits per heavy atom. The third kappa shape index (κ3) is 4.36. The summed E-state index contributed by atoms with van der Waals surface area (Å²) in [5.41, 5.74) is 0. The van der Waals surface area contributed by atoms with E-state index in [1.807, 2.05) is 0 Å². The van der Waals surface area contributed by atoms with E-state index in [1.165, 1.54) is 50.9 Å². The van der Waals surface area contributed by atoms with Crippen molar-refractivity contribution < 1.29 is 0 Å². The van der Waals surface area contributed by atoms with Gasteiger partial charge < -0.3 is 5.32 Å². The highest BCUT2D eigenvalue weighted by Gasteiger charge is 2.14. The third-order valence-corrected chi connectivity index (χ3v) is 3.74. The molecule has 0 aliphatic heterocycles. The molecule has 1 saturated carbocycles. The van der Waals surface area contributed by atoms with Gasteiger partial charge in [-0.1, -0.05) is 19.8 Å². The van der Waals surface area contributed by atoms with Crippen LogP contribution in [0.15, 0.2) is 0 Å². The van der Waals surface area contributed by atoms with Crippen LogP contribution >= 0.6 is 11.8 Å². The standard InChI is InChI=1S/C10H21NS/c1-2-7-11-8-9-12-10-5-3-4-6-10/h10-11H,2-9H2,1H3. The van der Waals surface area contributed by atoms with Crippen molar-refractivity contribution in [1.29, 1.82) is 0 Å². The van der Waals surface area contributed by atoms with E-state index in [2.05, 4.69) is 24.0 Å². The van der Waals surface area contributed by atoms with E-state index in [0.717, 1.165) is 5.25 Å². The van der Waals surface area contributed by atoms with Gasteiger partial charge in [0.05, 0.1) is 0 Å². The van der Waals surface area contributed by atoms with Gasteiger partial charge in [0.1, 0.15) is 0 Å². The van der Waals surface area contributed by atoms with E-state index in [1.54, 1.807) is 0 Å². The SMILES string of the molecule is CCCNCCSC1CCCC1. The molecule has 1 nitrogen and oxygen atoms in total. The lowest BCUT2D eigenvalue weighted by molar-refractivity contribution is 0.706. The number of rotatable bonds is 6. The first kappa shape index (κ1) is 10.4. The van der Waals surface area contributed by atoms with Crippen LogP contribution in [0.3, 0.4) is 0 Å². The molecule has 1 N–H and O–H groups in total. The summed E-state index contributed by atoms with van der Waals surface area (Å²) in [4.78, 5) is 0. The Hall–Kier alpha value is 0.310. The Balaban J connectivity index is 1.81. The van der Waals surface area contributed by atoms with Crippen LogP contribution in [-0.4, -0.2) is 24.1 Å². The van der Waals surface area contributed by atoms with Gasteiger partial charge in [-0.3, -0.25) is 0 Å².